The van der Waals surface area contributed by atoms with Gasteiger partial charge in [0.2, 0.25) is 11.8 Å². The van der Waals surface area contributed by atoms with Crippen LogP contribution in [0.5, 0.6) is 11.6 Å². The molecule has 3 aromatic rings. The molecular formula is C18H20N4O4. The summed E-state index contributed by atoms with van der Waals surface area (Å²) in [5.74, 6) is 0.677. The highest BCUT2D eigenvalue weighted by molar-refractivity contribution is 5.88. The molecule has 8 nitrogen and oxygen atoms in total. The summed E-state index contributed by atoms with van der Waals surface area (Å²) >= 11 is 0. The Bertz CT molecular complexity index is 919. The third-order valence-electron chi connectivity index (χ3n) is 3.94. The van der Waals surface area contributed by atoms with E-state index in [2.05, 4.69) is 20.3 Å². The zero-order valence-electron chi connectivity index (χ0n) is 14.7. The molecule has 0 aliphatic rings. The van der Waals surface area contributed by atoms with E-state index in [1.807, 2.05) is 18.2 Å². The Kier molecular flexibility index (Phi) is 5.04. The van der Waals surface area contributed by atoms with Gasteiger partial charge in [-0.25, -0.2) is 9.97 Å². The molecule has 0 radical (unpaired) electrons. The van der Waals surface area contributed by atoms with Crippen LogP contribution in [0.2, 0.25) is 0 Å². The predicted octanol–water partition coefficient (Wildman–Crippen LogP) is 1.64. The van der Waals surface area contributed by atoms with E-state index in [9.17, 15) is 9.90 Å². The molecule has 0 spiro atoms. The molecule has 1 amide bonds. The fourth-order valence-corrected chi connectivity index (χ4v) is 2.57. The van der Waals surface area contributed by atoms with Crippen LogP contribution in [0.1, 0.15) is 12.6 Å². The number of aliphatic hydroxyl groups excluding tert-OH is 1. The van der Waals surface area contributed by atoms with Crippen molar-refractivity contribution < 1.29 is 19.4 Å². The normalized spacial score (nSPS) is 12.0. The van der Waals surface area contributed by atoms with Gasteiger partial charge in [-0.05, 0) is 25.1 Å². The molecule has 26 heavy (non-hydrogen) atoms. The van der Waals surface area contributed by atoms with E-state index in [0.717, 1.165) is 22.2 Å². The lowest BCUT2D eigenvalue weighted by atomic mass is 10.1. The van der Waals surface area contributed by atoms with Gasteiger partial charge >= 0.3 is 0 Å². The maximum atomic E-state index is 11.5. The number of hydrogen-bond acceptors (Lipinski definition) is 6. The number of fused-ring (bicyclic) bond motifs is 1. The van der Waals surface area contributed by atoms with Gasteiger partial charge in [0, 0.05) is 22.2 Å². The number of aliphatic hydroxyl groups is 1. The number of carbonyl (C=O) groups excluding carboxylic acids is 1. The first kappa shape index (κ1) is 17.7. The molecular weight excluding hydrogens is 336 g/mol. The standard InChI is InChI=1S/C18H20N4O4/c1-10(23)18(24)21-7-12-4-11-5-16(25-2)13(6-14(11)22-12)15-8-20-17(26-3)9-19-15/h4-6,8-10,22-23H,7H2,1-3H3,(H,21,24)/t10-/m0/s1. The second kappa shape index (κ2) is 7.40. The average molecular weight is 356 g/mol. The van der Waals surface area contributed by atoms with Gasteiger partial charge in [0.05, 0.1) is 38.9 Å². The summed E-state index contributed by atoms with van der Waals surface area (Å²) in [5.41, 5.74) is 3.13. The van der Waals surface area contributed by atoms with Gasteiger partial charge in [-0.1, -0.05) is 0 Å². The minimum atomic E-state index is -1.04. The van der Waals surface area contributed by atoms with Crippen molar-refractivity contribution in [2.24, 2.45) is 0 Å². The highest BCUT2D eigenvalue weighted by Gasteiger charge is 2.13. The van der Waals surface area contributed by atoms with Crippen LogP contribution in [0.4, 0.5) is 0 Å². The molecule has 0 aliphatic heterocycles. The van der Waals surface area contributed by atoms with Gasteiger partial charge in [0.15, 0.2) is 0 Å². The summed E-state index contributed by atoms with van der Waals surface area (Å²) in [7, 11) is 3.13. The van der Waals surface area contributed by atoms with Gasteiger partial charge < -0.3 is 24.9 Å². The minimum Gasteiger partial charge on any atom is -0.496 e. The molecule has 0 aliphatic carbocycles. The molecule has 0 unspecified atom stereocenters. The Hall–Kier alpha value is -3.13. The Morgan fingerprint density at radius 1 is 1.23 bits per heavy atom. The molecule has 0 bridgehead atoms. The van der Waals surface area contributed by atoms with E-state index in [0.29, 0.717) is 23.9 Å². The topological polar surface area (TPSA) is 109 Å². The molecule has 1 aromatic carbocycles. The summed E-state index contributed by atoms with van der Waals surface area (Å²) in [6, 6.07) is 5.74. The Morgan fingerprint density at radius 2 is 2.04 bits per heavy atom. The maximum Gasteiger partial charge on any atom is 0.248 e. The minimum absolute atomic E-state index is 0.290. The van der Waals surface area contributed by atoms with Gasteiger partial charge in [-0.15, -0.1) is 0 Å². The van der Waals surface area contributed by atoms with E-state index < -0.39 is 12.0 Å². The fraction of sp³-hybridized carbons (Fsp3) is 0.278. The van der Waals surface area contributed by atoms with Gasteiger partial charge in [0.1, 0.15) is 11.9 Å². The summed E-state index contributed by atoms with van der Waals surface area (Å²) in [6.45, 7) is 1.71. The first-order valence-corrected chi connectivity index (χ1v) is 8.03. The Balaban J connectivity index is 1.93. The summed E-state index contributed by atoms with van der Waals surface area (Å²) < 4.78 is 10.5. The molecule has 2 aromatic heterocycles. The smallest absolute Gasteiger partial charge is 0.248 e. The number of benzene rings is 1. The van der Waals surface area contributed by atoms with E-state index in [4.69, 9.17) is 9.47 Å². The van der Waals surface area contributed by atoms with Crippen molar-refractivity contribution in [3.8, 4) is 22.9 Å². The van der Waals surface area contributed by atoms with Gasteiger partial charge in [-0.3, -0.25) is 4.79 Å². The molecule has 1 atom stereocenters. The second-order valence-electron chi connectivity index (χ2n) is 5.77. The van der Waals surface area contributed by atoms with Crippen molar-refractivity contribution in [2.45, 2.75) is 19.6 Å². The number of H-pyrrole nitrogens is 1. The lowest BCUT2D eigenvalue weighted by molar-refractivity contribution is -0.128. The quantitative estimate of drug-likeness (QED) is 0.619. The first-order valence-electron chi connectivity index (χ1n) is 8.03. The van der Waals surface area contributed by atoms with Crippen LogP contribution in [-0.2, 0) is 11.3 Å². The van der Waals surface area contributed by atoms with Crippen molar-refractivity contribution in [1.29, 1.82) is 0 Å². The number of amides is 1. The maximum absolute atomic E-state index is 11.5. The third-order valence-corrected chi connectivity index (χ3v) is 3.94. The van der Waals surface area contributed by atoms with Crippen LogP contribution in [0.3, 0.4) is 0 Å². The molecule has 2 heterocycles. The average Bonchev–Trinajstić information content (AvgIpc) is 3.06. The van der Waals surface area contributed by atoms with Crippen molar-refractivity contribution in [3.63, 3.8) is 0 Å². The lowest BCUT2D eigenvalue weighted by Crippen LogP contribution is -2.32. The number of aromatic amines is 1. The number of methoxy groups -OCH3 is 2. The number of nitrogens with zero attached hydrogens (tertiary/aromatic N) is 2. The second-order valence-corrected chi connectivity index (χ2v) is 5.77. The number of nitrogens with one attached hydrogen (secondary N) is 2. The van der Waals surface area contributed by atoms with E-state index in [1.54, 1.807) is 19.5 Å². The van der Waals surface area contributed by atoms with Crippen molar-refractivity contribution in [3.05, 3.63) is 36.3 Å². The lowest BCUT2D eigenvalue weighted by Gasteiger charge is -2.08. The van der Waals surface area contributed by atoms with Crippen LogP contribution < -0.4 is 14.8 Å². The molecule has 0 saturated heterocycles. The van der Waals surface area contributed by atoms with E-state index in [1.165, 1.54) is 14.0 Å². The number of rotatable bonds is 6. The zero-order valence-corrected chi connectivity index (χ0v) is 14.7. The van der Waals surface area contributed by atoms with Gasteiger partial charge in [-0.2, -0.15) is 0 Å². The number of hydrogen-bond donors (Lipinski definition) is 3. The van der Waals surface area contributed by atoms with Crippen LogP contribution in [0.15, 0.2) is 30.6 Å². The first-order chi connectivity index (χ1) is 12.5. The predicted molar refractivity (Wildman–Crippen MR) is 96.0 cm³/mol. The summed E-state index contributed by atoms with van der Waals surface area (Å²) in [6.07, 6.45) is 2.12. The molecule has 8 heteroatoms. The number of carbonyl (C=O) groups is 1. The monoisotopic (exact) mass is 356 g/mol. The number of aromatic nitrogens is 3. The SMILES string of the molecule is COc1cnc(-c2cc3[nH]c(CNC(=O)[C@H](C)O)cc3cc2OC)cn1. The largest absolute Gasteiger partial charge is 0.496 e. The van der Waals surface area contributed by atoms with Crippen LogP contribution in [0.25, 0.3) is 22.2 Å². The summed E-state index contributed by atoms with van der Waals surface area (Å²) in [4.78, 5) is 23.3. The van der Waals surface area contributed by atoms with E-state index >= 15 is 0 Å². The fourth-order valence-electron chi connectivity index (χ4n) is 2.57. The third kappa shape index (κ3) is 3.60. The summed E-state index contributed by atoms with van der Waals surface area (Å²) in [5, 5.41) is 12.8. The molecule has 3 rings (SSSR count). The molecule has 136 valence electrons. The Labute approximate surface area is 150 Å². The van der Waals surface area contributed by atoms with Crippen molar-refractivity contribution in [1.82, 2.24) is 20.3 Å². The van der Waals surface area contributed by atoms with Crippen LogP contribution >= 0.6 is 0 Å². The molecule has 0 saturated carbocycles. The van der Waals surface area contributed by atoms with Gasteiger partial charge in [0.25, 0.3) is 0 Å². The van der Waals surface area contributed by atoms with Crippen molar-refractivity contribution >= 4 is 16.8 Å². The highest BCUT2D eigenvalue weighted by atomic mass is 16.5. The van der Waals surface area contributed by atoms with E-state index in [-0.39, 0.29) is 0 Å². The zero-order chi connectivity index (χ0) is 18.7. The molecule has 3 N–H and O–H groups in total. The highest BCUT2D eigenvalue weighted by Crippen LogP contribution is 2.33. The van der Waals surface area contributed by atoms with Crippen LogP contribution in [-0.4, -0.2) is 46.3 Å². The van der Waals surface area contributed by atoms with Crippen molar-refractivity contribution in [2.75, 3.05) is 14.2 Å². The van der Waals surface area contributed by atoms with Crippen LogP contribution in [0, 0.1) is 0 Å². The molecule has 0 fully saturated rings. The number of ether oxygens (including phenoxy) is 2. The Morgan fingerprint density at radius 3 is 2.65 bits per heavy atom.